The summed E-state index contributed by atoms with van der Waals surface area (Å²) in [6.45, 7) is 3.29. The van der Waals surface area contributed by atoms with E-state index in [1.807, 2.05) is 30.9 Å². The number of hydrogen-bond donors (Lipinski definition) is 6. The molecule has 9 N–H and O–H groups in total. The van der Waals surface area contributed by atoms with Crippen LogP contribution in [0.1, 0.15) is 154 Å². The van der Waals surface area contributed by atoms with E-state index in [0.29, 0.717) is 61.9 Å². The van der Waals surface area contributed by atoms with Gasteiger partial charge in [-0.05, 0) is 185 Å². The summed E-state index contributed by atoms with van der Waals surface area (Å²) in [4.78, 5) is 109. The number of ketones is 1. The van der Waals surface area contributed by atoms with Gasteiger partial charge in [-0.3, -0.25) is 62.1 Å². The van der Waals surface area contributed by atoms with Crippen LogP contribution in [0.2, 0.25) is 20.1 Å². The summed E-state index contributed by atoms with van der Waals surface area (Å²) in [5, 5.41) is 34.2. The molecule has 8 aromatic heterocycles. The Morgan fingerprint density at radius 1 is 0.387 bits per heavy atom. The summed E-state index contributed by atoms with van der Waals surface area (Å²) in [6, 6.07) is 31.5. The van der Waals surface area contributed by atoms with E-state index in [1.165, 1.54) is 81.7 Å². The number of carboxylic acids is 1. The number of carbonyl (C=O) groups is 8. The summed E-state index contributed by atoms with van der Waals surface area (Å²) >= 11 is 30.7. The predicted molar refractivity (Wildman–Crippen MR) is 507 cm³/mol. The van der Waals surface area contributed by atoms with E-state index in [1.54, 1.807) is 85.5 Å². The number of amides is 6. The Morgan fingerprint density at radius 3 is 1.04 bits per heavy atom. The van der Waals surface area contributed by atoms with Crippen LogP contribution in [-0.2, 0) is 77.5 Å². The molecule has 6 aliphatic rings. The van der Waals surface area contributed by atoms with Crippen LogP contribution in [0.25, 0.3) is 45.0 Å². The second-order valence-corrected chi connectivity index (χ2v) is 39.3. The highest BCUT2D eigenvalue weighted by molar-refractivity contribution is 7.15. The second kappa shape index (κ2) is 42.8. The number of fused-ring (bicyclic) bond motifs is 14. The van der Waals surface area contributed by atoms with Gasteiger partial charge in [-0.15, -0.1) is 45.3 Å². The average Bonchev–Trinajstić information content (AvgIpc) is 1.65. The van der Waals surface area contributed by atoms with Crippen LogP contribution < -0.4 is 27.8 Å². The van der Waals surface area contributed by atoms with Gasteiger partial charge in [0.2, 0.25) is 0 Å². The highest BCUT2D eigenvalue weighted by atomic mass is 35.5. The summed E-state index contributed by atoms with van der Waals surface area (Å²) in [5.41, 5.74) is 26.8. The van der Waals surface area contributed by atoms with Crippen molar-refractivity contribution in [3.8, 4) is 45.0 Å². The standard InChI is InChI=1S/C28H21ClF2N4O3S.C21H20ClF2N3OS.C20H19ClF2N4OS.C17H14F2N2O2.C11H9ClN2O2S/c29-21-13-32-35-9-3-6-23-20(25(21)35)12-24(39-23)26(36)33-17(10-15-7-8-16(30)11-22(15)31)14-34-27(37)18-4-1-2-5-19(18)28(34)38;22-16-11-26-27-5-1-2-19-15(21(16)27)9-20(29-19)18(28)7-12(10-25)6-13-3-4-14(23)8-17(13)24;21-15-10-25-27-5-1-2-17-14(19(15)27)8-18(29-17)20(28)26-13(9-24)6-11-3-4-12(22)7-16(11)23;18-11-6-5-10(15(19)8-11)7-12(20)9-21-16(22)13-3-1-2-4-14(13)17(21)23;12-7-5-13-14-3-1-2-8-6(10(7)14)4-9(17-8)11(15)16/h1-2,4-5,7-8,11-13,17H,3,6,9-10,14H2,(H,33,36);3-4,8-9,11-12H,1-2,5-7,10,25H2;3-4,7-8,10,13H,1-2,5-6,9,24H2,(H,26,28);1-6,8,12H,7,9,20H2;4-5H,1-3H2,(H,15,16)/t17-;12-;13-;12-;/m0100./s1. The summed E-state index contributed by atoms with van der Waals surface area (Å²) < 4.78 is 116. The van der Waals surface area contributed by atoms with Crippen LogP contribution in [0, 0.1) is 52.5 Å². The molecule has 0 saturated carbocycles. The first-order valence-corrected chi connectivity index (χ1v) is 48.2. The van der Waals surface area contributed by atoms with Crippen LogP contribution >= 0.6 is 91.8 Å². The van der Waals surface area contributed by atoms with Crippen molar-refractivity contribution in [3.05, 3.63) is 321 Å². The molecule has 708 valence electrons. The number of nitrogens with two attached hydrogens (primary N) is 3. The van der Waals surface area contributed by atoms with Crippen LogP contribution in [0.4, 0.5) is 35.1 Å². The molecule has 6 aliphatic heterocycles. The van der Waals surface area contributed by atoms with E-state index >= 15 is 0 Å². The monoisotopic (exact) mass is 2020 g/mol. The molecular weight excluding hydrogens is 1940 g/mol. The van der Waals surface area contributed by atoms with Crippen LogP contribution in [0.3, 0.4) is 0 Å². The zero-order valence-corrected chi connectivity index (χ0v) is 78.7. The number of nitrogens with zero attached hydrogens (tertiary/aromatic N) is 10. The molecule has 14 aromatic rings. The van der Waals surface area contributed by atoms with Crippen molar-refractivity contribution in [2.75, 3.05) is 26.2 Å². The van der Waals surface area contributed by atoms with Gasteiger partial charge in [0.25, 0.3) is 35.4 Å². The van der Waals surface area contributed by atoms with Crippen molar-refractivity contribution in [1.29, 1.82) is 0 Å². The second-order valence-electron chi connectivity index (χ2n) is 33.1. The Morgan fingerprint density at radius 2 is 0.693 bits per heavy atom. The van der Waals surface area contributed by atoms with Crippen molar-refractivity contribution in [2.45, 2.75) is 128 Å². The molecule has 24 nitrogen and oxygen atoms in total. The van der Waals surface area contributed by atoms with Crippen molar-refractivity contribution in [1.82, 2.24) is 59.6 Å². The molecule has 6 aromatic carbocycles. The molecule has 0 bridgehead atoms. The molecule has 0 unspecified atom stereocenters. The number of nitrogens with one attached hydrogen (secondary N) is 2. The van der Waals surface area contributed by atoms with Crippen LogP contribution in [0.5, 0.6) is 0 Å². The Balaban J connectivity index is 0.000000127. The first-order valence-electron chi connectivity index (χ1n) is 43.4. The summed E-state index contributed by atoms with van der Waals surface area (Å²) in [6.07, 6.45) is 14.1. The van der Waals surface area contributed by atoms with Gasteiger partial charge in [0, 0.05) is 130 Å². The number of thiophene rings is 4. The number of carbonyl (C=O) groups excluding carboxylic acids is 7. The van der Waals surface area contributed by atoms with E-state index in [9.17, 15) is 73.5 Å². The topological polar surface area (TPSA) is 337 Å². The number of rotatable bonds is 22. The number of halogens is 12. The maximum absolute atomic E-state index is 14.6. The molecular formula is C97H83Cl4F8N15O9S4. The van der Waals surface area contributed by atoms with Gasteiger partial charge < -0.3 is 32.9 Å². The van der Waals surface area contributed by atoms with Gasteiger partial charge in [-0.2, -0.15) is 20.4 Å². The number of hydrogen-bond acceptors (Lipinski definition) is 19. The third kappa shape index (κ3) is 21.9. The van der Waals surface area contributed by atoms with Crippen molar-refractivity contribution >= 4 is 139 Å². The molecule has 4 atom stereocenters. The largest absolute Gasteiger partial charge is 0.477 e. The lowest BCUT2D eigenvalue weighted by Gasteiger charge is -2.24. The van der Waals surface area contributed by atoms with Gasteiger partial charge in [-0.1, -0.05) is 94.9 Å². The Kier molecular flexibility index (Phi) is 30.6. The normalized spacial score (nSPS) is 14.5. The minimum absolute atomic E-state index is 0.0246. The van der Waals surface area contributed by atoms with Crippen molar-refractivity contribution < 1.29 is 78.6 Å². The zero-order chi connectivity index (χ0) is 96.9. The van der Waals surface area contributed by atoms with E-state index in [2.05, 4.69) is 31.0 Å². The van der Waals surface area contributed by atoms with E-state index in [4.69, 9.17) is 68.7 Å². The quantitative estimate of drug-likeness (QED) is 0.0209. The molecule has 40 heteroatoms. The van der Waals surface area contributed by atoms with Gasteiger partial charge in [0.15, 0.2) is 5.78 Å². The third-order valence-corrected chi connectivity index (χ3v) is 29.7. The molecule has 20 rings (SSSR count). The molecule has 0 aliphatic carbocycles. The maximum atomic E-state index is 14.6. The van der Waals surface area contributed by atoms with Crippen molar-refractivity contribution in [2.24, 2.45) is 23.1 Å². The lowest BCUT2D eigenvalue weighted by molar-refractivity contribution is 0.0621. The number of Topliss-reactive ketones (excluding diaryl/α,β-unsaturated/α-hetero) is 1. The molecule has 14 heterocycles. The Hall–Kier alpha value is -12.2. The predicted octanol–water partition coefficient (Wildman–Crippen LogP) is 18.8. The number of aromatic nitrogens is 8. The molecule has 6 amide bonds. The maximum Gasteiger partial charge on any atom is 0.345 e. The molecule has 137 heavy (non-hydrogen) atoms. The number of carboxylic acid groups (broad SMARTS) is 1. The van der Waals surface area contributed by atoms with E-state index in [-0.39, 0.29) is 98.1 Å². The Bertz CT molecular complexity index is 6790. The smallest absolute Gasteiger partial charge is 0.345 e. The van der Waals surface area contributed by atoms with Gasteiger partial charge in [-0.25, -0.2) is 39.9 Å². The molecule has 0 fully saturated rings. The van der Waals surface area contributed by atoms with E-state index < -0.39 is 100 Å². The highest BCUT2D eigenvalue weighted by Gasteiger charge is 2.40. The number of imide groups is 2. The fourth-order valence-corrected chi connectivity index (χ4v) is 22.5. The minimum atomic E-state index is -0.884. The lowest BCUT2D eigenvalue weighted by Crippen LogP contribution is -2.47. The fourth-order valence-electron chi connectivity index (χ4n) is 17.2. The first-order chi connectivity index (χ1) is 65.8. The highest BCUT2D eigenvalue weighted by Crippen LogP contribution is 2.44. The van der Waals surface area contributed by atoms with Crippen molar-refractivity contribution in [3.63, 3.8) is 0 Å². The molecule has 0 spiro atoms. The molecule has 0 saturated heterocycles. The number of benzene rings is 6. The summed E-state index contributed by atoms with van der Waals surface area (Å²) in [7, 11) is 0. The van der Waals surface area contributed by atoms with Gasteiger partial charge in [0.1, 0.15) is 51.4 Å². The number of aromatic carboxylic acids is 1. The molecule has 0 radical (unpaired) electrons. The third-order valence-electron chi connectivity index (χ3n) is 23.8. The lowest BCUT2D eigenvalue weighted by atomic mass is 9.93. The van der Waals surface area contributed by atoms with Crippen LogP contribution in [0.15, 0.2) is 170 Å². The summed E-state index contributed by atoms with van der Waals surface area (Å²) in [5.74, 6) is -9.00. The van der Waals surface area contributed by atoms with Gasteiger partial charge >= 0.3 is 5.97 Å². The van der Waals surface area contributed by atoms with E-state index in [0.717, 1.165) is 188 Å². The van der Waals surface area contributed by atoms with Crippen LogP contribution in [-0.4, -0.2) is 146 Å². The average molecular weight is 2020 g/mol. The zero-order valence-electron chi connectivity index (χ0n) is 72.4. The fraction of sp³-hybridized carbons (Fsp3) is 0.258. The first kappa shape index (κ1) is 97.9. The number of aryl methyl sites for hydroxylation is 8. The Labute approximate surface area is 813 Å². The SMILES string of the molecule is NC[C@@H](CC(=O)c1cc2c(s1)CCCn1ncc(Cl)c1-2)Cc1ccc(F)cc1F.NC[C@H](Cc1ccc(F)cc1F)NC(=O)c1cc2c(s1)CCCn1ncc(Cl)c1-2.N[C@@H](Cc1ccc(F)cc1F)CN1C(=O)c2ccccc2C1=O.O=C(N[C@@H](Cc1ccc(F)cc1F)CN1C(=O)c2ccccc2C1=O)c1cc2c(s1)CCCn1ncc(Cl)c1-2.O=C(O)c1cc2c(s1)CCCn1ncc(Cl)c1-2. The minimum Gasteiger partial charge on any atom is -0.477 e. The van der Waals surface area contributed by atoms with Gasteiger partial charge in [0.05, 0.1) is 111 Å².